The Labute approximate surface area is 188 Å². The molecule has 32 heavy (non-hydrogen) atoms. The number of likely N-dealkylation sites (N-methyl/N-ethyl adjacent to an activating group) is 1. The molecule has 1 aromatic heterocycles. The number of para-hydroxylation sites is 1. The lowest BCUT2D eigenvalue weighted by atomic mass is 10.2. The van der Waals surface area contributed by atoms with Crippen LogP contribution in [-0.4, -0.2) is 57.7 Å². The zero-order valence-corrected chi connectivity index (χ0v) is 18.4. The van der Waals surface area contributed by atoms with Gasteiger partial charge in [-0.15, -0.1) is 5.10 Å². The second-order valence-corrected chi connectivity index (χ2v) is 7.89. The lowest BCUT2D eigenvalue weighted by Crippen LogP contribution is -2.36. The zero-order valence-electron chi connectivity index (χ0n) is 18.4. The average Bonchev–Trinajstić information content (AvgIpc) is 3.28. The SMILES string of the molecule is CN(C)CCN(Cc1ccccc1)C(=O)c1nc(-c2ccccc2)n(-c2ccccc2)n1. The minimum atomic E-state index is -0.178. The largest absolute Gasteiger partial charge is 0.330 e. The number of nitrogens with zero attached hydrogens (tertiary/aromatic N) is 5. The molecule has 4 aromatic rings. The maximum atomic E-state index is 13.6. The molecule has 0 unspecified atom stereocenters. The van der Waals surface area contributed by atoms with Crippen LogP contribution in [0.3, 0.4) is 0 Å². The molecule has 0 N–H and O–H groups in total. The number of aromatic nitrogens is 3. The van der Waals surface area contributed by atoms with Crippen molar-refractivity contribution in [1.29, 1.82) is 0 Å². The van der Waals surface area contributed by atoms with Gasteiger partial charge in [-0.2, -0.15) is 0 Å². The lowest BCUT2D eigenvalue weighted by Gasteiger charge is -2.23. The molecule has 0 aliphatic heterocycles. The quantitative estimate of drug-likeness (QED) is 0.426. The number of carbonyl (C=O) groups is 1. The van der Waals surface area contributed by atoms with E-state index >= 15 is 0 Å². The Balaban J connectivity index is 1.71. The first-order valence-electron chi connectivity index (χ1n) is 10.7. The van der Waals surface area contributed by atoms with E-state index in [1.54, 1.807) is 4.68 Å². The van der Waals surface area contributed by atoms with E-state index in [-0.39, 0.29) is 11.7 Å². The summed E-state index contributed by atoms with van der Waals surface area (Å²) in [6.45, 7) is 1.85. The smallest absolute Gasteiger partial charge is 0.293 e. The summed E-state index contributed by atoms with van der Waals surface area (Å²) in [5, 5.41) is 4.65. The Kier molecular flexibility index (Phi) is 6.72. The number of benzene rings is 3. The van der Waals surface area contributed by atoms with Crippen LogP contribution < -0.4 is 0 Å². The summed E-state index contributed by atoms with van der Waals surface area (Å²) < 4.78 is 1.75. The van der Waals surface area contributed by atoms with Gasteiger partial charge in [0, 0.05) is 25.2 Å². The van der Waals surface area contributed by atoms with Crippen molar-refractivity contribution in [2.45, 2.75) is 6.54 Å². The van der Waals surface area contributed by atoms with Gasteiger partial charge >= 0.3 is 0 Å². The van der Waals surface area contributed by atoms with E-state index in [1.165, 1.54) is 0 Å². The molecule has 1 amide bonds. The fourth-order valence-corrected chi connectivity index (χ4v) is 3.44. The number of amides is 1. The fourth-order valence-electron chi connectivity index (χ4n) is 3.44. The fraction of sp³-hybridized carbons (Fsp3) is 0.192. The molecule has 1 heterocycles. The normalized spacial score (nSPS) is 11.0. The number of hydrogen-bond donors (Lipinski definition) is 0. The van der Waals surface area contributed by atoms with Gasteiger partial charge in [-0.1, -0.05) is 78.9 Å². The predicted molar refractivity (Wildman–Crippen MR) is 127 cm³/mol. The summed E-state index contributed by atoms with van der Waals surface area (Å²) >= 11 is 0. The Morgan fingerprint density at radius 1 is 0.812 bits per heavy atom. The highest BCUT2D eigenvalue weighted by Gasteiger charge is 2.24. The van der Waals surface area contributed by atoms with Crippen molar-refractivity contribution in [2.24, 2.45) is 0 Å². The number of hydrogen-bond acceptors (Lipinski definition) is 4. The Morgan fingerprint density at radius 3 is 2.03 bits per heavy atom. The second-order valence-electron chi connectivity index (χ2n) is 7.89. The Bertz CT molecular complexity index is 1080. The molecule has 3 aromatic carbocycles. The van der Waals surface area contributed by atoms with Crippen molar-refractivity contribution in [3.05, 3.63) is 102 Å². The highest BCUT2D eigenvalue weighted by molar-refractivity contribution is 5.91. The molecule has 0 aliphatic rings. The number of carbonyl (C=O) groups excluding carboxylic acids is 1. The molecule has 0 fully saturated rings. The van der Waals surface area contributed by atoms with E-state index in [0.717, 1.165) is 23.4 Å². The lowest BCUT2D eigenvalue weighted by molar-refractivity contribution is 0.0719. The van der Waals surface area contributed by atoms with E-state index in [1.807, 2.05) is 110 Å². The highest BCUT2D eigenvalue weighted by atomic mass is 16.2. The third-order valence-corrected chi connectivity index (χ3v) is 5.15. The van der Waals surface area contributed by atoms with Crippen molar-refractivity contribution < 1.29 is 4.79 Å². The summed E-state index contributed by atoms with van der Waals surface area (Å²) in [6.07, 6.45) is 0. The second kappa shape index (κ2) is 10.0. The monoisotopic (exact) mass is 425 g/mol. The molecule has 0 spiro atoms. The van der Waals surface area contributed by atoms with Crippen LogP contribution in [0.25, 0.3) is 17.1 Å². The summed E-state index contributed by atoms with van der Waals surface area (Å²) in [5.74, 6) is 0.664. The molecule has 162 valence electrons. The molecule has 0 saturated heterocycles. The van der Waals surface area contributed by atoms with Crippen LogP contribution in [0.1, 0.15) is 16.2 Å². The van der Waals surface area contributed by atoms with E-state index in [0.29, 0.717) is 18.9 Å². The van der Waals surface area contributed by atoms with Gasteiger partial charge in [0.15, 0.2) is 5.82 Å². The molecule has 4 rings (SSSR count). The van der Waals surface area contributed by atoms with E-state index in [9.17, 15) is 4.79 Å². The molecule has 0 atom stereocenters. The van der Waals surface area contributed by atoms with Gasteiger partial charge in [0.2, 0.25) is 5.82 Å². The van der Waals surface area contributed by atoms with Crippen molar-refractivity contribution in [3.8, 4) is 17.1 Å². The Hall–Kier alpha value is -3.77. The summed E-state index contributed by atoms with van der Waals surface area (Å²) in [4.78, 5) is 22.1. The minimum Gasteiger partial charge on any atom is -0.330 e. The van der Waals surface area contributed by atoms with Crippen molar-refractivity contribution >= 4 is 5.91 Å². The summed E-state index contributed by atoms with van der Waals surface area (Å²) in [5.41, 5.74) is 2.84. The van der Waals surface area contributed by atoms with Gasteiger partial charge in [-0.3, -0.25) is 4.79 Å². The average molecular weight is 426 g/mol. The van der Waals surface area contributed by atoms with Crippen LogP contribution in [0.15, 0.2) is 91.0 Å². The van der Waals surface area contributed by atoms with Crippen LogP contribution in [0.2, 0.25) is 0 Å². The van der Waals surface area contributed by atoms with Crippen LogP contribution >= 0.6 is 0 Å². The molecule has 0 bridgehead atoms. The van der Waals surface area contributed by atoms with Gasteiger partial charge in [-0.05, 0) is 31.8 Å². The van der Waals surface area contributed by atoms with E-state index in [4.69, 9.17) is 4.98 Å². The van der Waals surface area contributed by atoms with Crippen LogP contribution in [0, 0.1) is 0 Å². The first-order valence-corrected chi connectivity index (χ1v) is 10.7. The maximum absolute atomic E-state index is 13.6. The first kappa shape index (κ1) is 21.5. The van der Waals surface area contributed by atoms with Crippen LogP contribution in [0.4, 0.5) is 0 Å². The third-order valence-electron chi connectivity index (χ3n) is 5.15. The maximum Gasteiger partial charge on any atom is 0.293 e. The van der Waals surface area contributed by atoms with Crippen molar-refractivity contribution in [1.82, 2.24) is 24.6 Å². The highest BCUT2D eigenvalue weighted by Crippen LogP contribution is 2.22. The van der Waals surface area contributed by atoms with Crippen LogP contribution in [0.5, 0.6) is 0 Å². The molecule has 6 nitrogen and oxygen atoms in total. The van der Waals surface area contributed by atoms with Crippen molar-refractivity contribution in [3.63, 3.8) is 0 Å². The zero-order chi connectivity index (χ0) is 22.3. The molecule has 0 aliphatic carbocycles. The molecule has 6 heteroatoms. The summed E-state index contributed by atoms with van der Waals surface area (Å²) in [7, 11) is 4.00. The van der Waals surface area contributed by atoms with E-state index < -0.39 is 0 Å². The standard InChI is InChI=1S/C26H27N5O/c1-29(2)18-19-30(20-21-12-6-3-7-13-21)26(32)24-27-25(22-14-8-4-9-15-22)31(28-24)23-16-10-5-11-17-23/h3-17H,18-20H2,1-2H3. The van der Waals surface area contributed by atoms with Crippen LogP contribution in [-0.2, 0) is 6.54 Å². The van der Waals surface area contributed by atoms with Crippen molar-refractivity contribution in [2.75, 3.05) is 27.2 Å². The Morgan fingerprint density at radius 2 is 1.41 bits per heavy atom. The third kappa shape index (κ3) is 5.10. The van der Waals surface area contributed by atoms with Gasteiger partial charge in [-0.25, -0.2) is 9.67 Å². The van der Waals surface area contributed by atoms with Gasteiger partial charge in [0.1, 0.15) is 0 Å². The van der Waals surface area contributed by atoms with Gasteiger partial charge < -0.3 is 9.80 Å². The predicted octanol–water partition coefficient (Wildman–Crippen LogP) is 4.14. The molecule has 0 saturated carbocycles. The topological polar surface area (TPSA) is 54.3 Å². The van der Waals surface area contributed by atoms with Gasteiger partial charge in [0.05, 0.1) is 5.69 Å². The minimum absolute atomic E-state index is 0.178. The van der Waals surface area contributed by atoms with Gasteiger partial charge in [0.25, 0.3) is 5.91 Å². The summed E-state index contributed by atoms with van der Waals surface area (Å²) in [6, 6.07) is 29.6. The molecule has 0 radical (unpaired) electrons. The van der Waals surface area contributed by atoms with E-state index in [2.05, 4.69) is 10.00 Å². The molecular formula is C26H27N5O. The molecular weight excluding hydrogens is 398 g/mol. The number of rotatable bonds is 8. The first-order chi connectivity index (χ1) is 15.6.